The molecule has 2 N–H and O–H groups in total. The molecule has 0 aromatic heterocycles. The molecule has 26 heavy (non-hydrogen) atoms. The minimum Gasteiger partial charge on any atom is -0.496 e. The average Bonchev–Trinajstić information content (AvgIpc) is 2.67. The van der Waals surface area contributed by atoms with E-state index >= 15 is 0 Å². The third kappa shape index (κ3) is 5.35. The number of aliphatic imine (C=N–C) groups is 1. The number of ether oxygens (including phenoxy) is 3. The molecule has 0 amide bonds. The molecule has 0 bridgehead atoms. The fourth-order valence-electron chi connectivity index (χ4n) is 3.19. The van der Waals surface area contributed by atoms with Gasteiger partial charge in [-0.3, -0.25) is 4.99 Å². The van der Waals surface area contributed by atoms with E-state index in [2.05, 4.69) is 43.5 Å². The summed E-state index contributed by atoms with van der Waals surface area (Å²) in [5.41, 5.74) is 2.09. The average molecular weight is 364 g/mol. The monoisotopic (exact) mass is 363 g/mol. The van der Waals surface area contributed by atoms with Crippen LogP contribution in [0.2, 0.25) is 0 Å². The van der Waals surface area contributed by atoms with Crippen molar-refractivity contribution in [3.63, 3.8) is 0 Å². The molecule has 1 aliphatic heterocycles. The van der Waals surface area contributed by atoms with Crippen LogP contribution in [-0.2, 0) is 9.47 Å². The van der Waals surface area contributed by atoms with E-state index < -0.39 is 0 Å². The van der Waals surface area contributed by atoms with Crippen molar-refractivity contribution in [2.45, 2.75) is 45.3 Å². The molecule has 1 heterocycles. The number of nitrogens with zero attached hydrogens (tertiary/aromatic N) is 1. The summed E-state index contributed by atoms with van der Waals surface area (Å²) < 4.78 is 16.8. The smallest absolute Gasteiger partial charge is 0.191 e. The van der Waals surface area contributed by atoms with E-state index in [1.54, 1.807) is 14.2 Å². The first-order valence-corrected chi connectivity index (χ1v) is 9.36. The molecule has 6 heteroatoms. The van der Waals surface area contributed by atoms with Crippen LogP contribution in [0.15, 0.2) is 23.2 Å². The summed E-state index contributed by atoms with van der Waals surface area (Å²) >= 11 is 0. The van der Waals surface area contributed by atoms with Crippen LogP contribution in [0.3, 0.4) is 0 Å². The molecule has 1 aromatic carbocycles. The Morgan fingerprint density at radius 2 is 2.04 bits per heavy atom. The number of benzene rings is 1. The molecular weight excluding hydrogens is 330 g/mol. The van der Waals surface area contributed by atoms with Crippen molar-refractivity contribution in [1.29, 1.82) is 0 Å². The SMILES string of the molecule is CCNC(=NCC1(OC)CCOCC1)NC(C)c1cc(C)ccc1OC. The Morgan fingerprint density at radius 1 is 1.31 bits per heavy atom. The van der Waals surface area contributed by atoms with Crippen molar-refractivity contribution >= 4 is 5.96 Å². The molecule has 1 aliphatic rings. The fourth-order valence-corrected chi connectivity index (χ4v) is 3.19. The second kappa shape index (κ2) is 9.78. The Morgan fingerprint density at radius 3 is 2.65 bits per heavy atom. The first-order chi connectivity index (χ1) is 12.5. The lowest BCUT2D eigenvalue weighted by Crippen LogP contribution is -2.44. The Labute approximate surface area is 157 Å². The van der Waals surface area contributed by atoms with Crippen LogP contribution in [-0.4, -0.2) is 52.1 Å². The second-order valence-corrected chi connectivity index (χ2v) is 6.81. The molecule has 1 saturated heterocycles. The van der Waals surface area contributed by atoms with Gasteiger partial charge in [-0.15, -0.1) is 0 Å². The van der Waals surface area contributed by atoms with Crippen molar-refractivity contribution in [3.05, 3.63) is 29.3 Å². The number of hydrogen-bond acceptors (Lipinski definition) is 4. The molecule has 0 aliphatic carbocycles. The molecule has 1 unspecified atom stereocenters. The zero-order chi connectivity index (χ0) is 19.0. The molecular formula is C20H33N3O3. The van der Waals surface area contributed by atoms with Gasteiger partial charge >= 0.3 is 0 Å². The van der Waals surface area contributed by atoms with Crippen molar-refractivity contribution in [2.75, 3.05) is 40.5 Å². The summed E-state index contributed by atoms with van der Waals surface area (Å²) in [6, 6.07) is 6.28. The van der Waals surface area contributed by atoms with Crippen molar-refractivity contribution < 1.29 is 14.2 Å². The van der Waals surface area contributed by atoms with Gasteiger partial charge in [-0.05, 0) is 26.8 Å². The maximum atomic E-state index is 5.79. The molecule has 6 nitrogen and oxygen atoms in total. The van der Waals surface area contributed by atoms with Gasteiger partial charge in [-0.1, -0.05) is 17.7 Å². The van der Waals surface area contributed by atoms with Gasteiger partial charge in [0.2, 0.25) is 0 Å². The standard InChI is InChI=1S/C20H33N3O3/c1-6-21-19(22-14-20(25-5)9-11-26-12-10-20)23-16(3)17-13-15(2)7-8-18(17)24-4/h7-8,13,16H,6,9-12,14H2,1-5H3,(H2,21,22,23). The predicted octanol–water partition coefficient (Wildman–Crippen LogP) is 2.82. The third-order valence-electron chi connectivity index (χ3n) is 4.91. The van der Waals surface area contributed by atoms with Gasteiger partial charge in [0.25, 0.3) is 0 Å². The molecule has 1 aromatic rings. The summed E-state index contributed by atoms with van der Waals surface area (Å²) in [6.07, 6.45) is 1.74. The van der Waals surface area contributed by atoms with E-state index in [0.29, 0.717) is 6.54 Å². The number of methoxy groups -OCH3 is 2. The van der Waals surface area contributed by atoms with Crippen molar-refractivity contribution in [1.82, 2.24) is 10.6 Å². The first kappa shape index (κ1) is 20.5. The minimum atomic E-state index is -0.231. The summed E-state index contributed by atoms with van der Waals surface area (Å²) in [4.78, 5) is 4.80. The summed E-state index contributed by atoms with van der Waals surface area (Å²) in [7, 11) is 3.47. The number of aryl methyl sites for hydroxylation is 1. The topological polar surface area (TPSA) is 64.1 Å². The van der Waals surface area contributed by atoms with Crippen LogP contribution in [0.1, 0.15) is 43.9 Å². The van der Waals surface area contributed by atoms with Gasteiger partial charge in [0.15, 0.2) is 5.96 Å². The van der Waals surface area contributed by atoms with Gasteiger partial charge in [-0.2, -0.15) is 0 Å². The lowest BCUT2D eigenvalue weighted by molar-refractivity contribution is -0.0828. The van der Waals surface area contributed by atoms with Gasteiger partial charge in [0.05, 0.1) is 25.3 Å². The molecule has 2 rings (SSSR count). The van der Waals surface area contributed by atoms with Crippen LogP contribution in [0.5, 0.6) is 5.75 Å². The predicted molar refractivity (Wildman–Crippen MR) is 105 cm³/mol. The zero-order valence-corrected chi connectivity index (χ0v) is 16.7. The maximum Gasteiger partial charge on any atom is 0.191 e. The second-order valence-electron chi connectivity index (χ2n) is 6.81. The van der Waals surface area contributed by atoms with Crippen LogP contribution in [0.4, 0.5) is 0 Å². The van der Waals surface area contributed by atoms with Crippen LogP contribution >= 0.6 is 0 Å². The van der Waals surface area contributed by atoms with E-state index in [1.807, 2.05) is 6.07 Å². The van der Waals surface area contributed by atoms with Gasteiger partial charge < -0.3 is 24.8 Å². The fraction of sp³-hybridized carbons (Fsp3) is 0.650. The van der Waals surface area contributed by atoms with Gasteiger partial charge in [0, 0.05) is 45.3 Å². The van der Waals surface area contributed by atoms with E-state index in [4.69, 9.17) is 19.2 Å². The largest absolute Gasteiger partial charge is 0.496 e. The van der Waals surface area contributed by atoms with Crippen LogP contribution in [0.25, 0.3) is 0 Å². The summed E-state index contributed by atoms with van der Waals surface area (Å²) in [5.74, 6) is 1.66. The van der Waals surface area contributed by atoms with Gasteiger partial charge in [-0.25, -0.2) is 0 Å². The van der Waals surface area contributed by atoms with E-state index in [9.17, 15) is 0 Å². The number of nitrogens with one attached hydrogen (secondary N) is 2. The first-order valence-electron chi connectivity index (χ1n) is 9.36. The summed E-state index contributed by atoms with van der Waals surface area (Å²) in [5, 5.41) is 6.82. The highest BCUT2D eigenvalue weighted by atomic mass is 16.5. The van der Waals surface area contributed by atoms with Crippen LogP contribution < -0.4 is 15.4 Å². The van der Waals surface area contributed by atoms with Gasteiger partial charge in [0.1, 0.15) is 5.75 Å². The van der Waals surface area contributed by atoms with E-state index in [1.165, 1.54) is 5.56 Å². The molecule has 0 spiro atoms. The minimum absolute atomic E-state index is 0.0656. The lowest BCUT2D eigenvalue weighted by Gasteiger charge is -2.34. The highest BCUT2D eigenvalue weighted by Gasteiger charge is 2.32. The third-order valence-corrected chi connectivity index (χ3v) is 4.91. The zero-order valence-electron chi connectivity index (χ0n) is 16.7. The molecule has 0 saturated carbocycles. The van der Waals surface area contributed by atoms with Crippen molar-refractivity contribution in [3.8, 4) is 5.75 Å². The Bertz CT molecular complexity index is 598. The molecule has 1 fully saturated rings. The normalized spacial score (nSPS) is 18.3. The Kier molecular flexibility index (Phi) is 7.72. The number of rotatable bonds is 7. The highest BCUT2D eigenvalue weighted by molar-refractivity contribution is 5.80. The lowest BCUT2D eigenvalue weighted by atomic mass is 9.94. The number of hydrogen-bond donors (Lipinski definition) is 2. The Balaban J connectivity index is 2.12. The van der Waals surface area contributed by atoms with Crippen LogP contribution in [0, 0.1) is 6.92 Å². The summed E-state index contributed by atoms with van der Waals surface area (Å²) in [6.45, 7) is 9.13. The molecule has 146 valence electrons. The highest BCUT2D eigenvalue weighted by Crippen LogP contribution is 2.27. The van der Waals surface area contributed by atoms with E-state index in [-0.39, 0.29) is 11.6 Å². The maximum absolute atomic E-state index is 5.79. The molecule has 0 radical (unpaired) electrons. The Hall–Kier alpha value is -1.79. The molecule has 1 atom stereocenters. The van der Waals surface area contributed by atoms with Crippen molar-refractivity contribution in [2.24, 2.45) is 4.99 Å². The quantitative estimate of drug-likeness (QED) is 0.576. The number of guanidine groups is 1. The van der Waals surface area contributed by atoms with E-state index in [0.717, 1.165) is 49.9 Å².